The minimum Gasteiger partial charge on any atom is -0.381 e. The van der Waals surface area contributed by atoms with Gasteiger partial charge in [0.15, 0.2) is 0 Å². The first-order valence-electron chi connectivity index (χ1n) is 5.70. The van der Waals surface area contributed by atoms with Crippen LogP contribution >= 0.6 is 0 Å². The molecule has 0 saturated carbocycles. The van der Waals surface area contributed by atoms with Crippen LogP contribution in [0, 0.1) is 5.92 Å². The Kier molecular flexibility index (Phi) is 4.27. The number of pyridine rings is 1. The standard InChI is InChI=1S/C12H18N2O2/c13-7-12(11-3-1-2-5-14-11)16-9-10-4-6-15-8-10/h1-3,5,10,12H,4,6-9,13H2. The Balaban J connectivity index is 1.85. The summed E-state index contributed by atoms with van der Waals surface area (Å²) in [6, 6.07) is 5.79. The summed E-state index contributed by atoms with van der Waals surface area (Å²) < 4.78 is 11.1. The van der Waals surface area contributed by atoms with Crippen LogP contribution in [0.1, 0.15) is 18.2 Å². The van der Waals surface area contributed by atoms with Gasteiger partial charge in [-0.3, -0.25) is 4.98 Å². The zero-order chi connectivity index (χ0) is 11.2. The molecule has 16 heavy (non-hydrogen) atoms. The van der Waals surface area contributed by atoms with E-state index in [1.165, 1.54) is 0 Å². The number of hydrogen-bond acceptors (Lipinski definition) is 4. The quantitative estimate of drug-likeness (QED) is 0.811. The van der Waals surface area contributed by atoms with Gasteiger partial charge in [0.25, 0.3) is 0 Å². The van der Waals surface area contributed by atoms with Crippen LogP contribution in [0.2, 0.25) is 0 Å². The molecular formula is C12H18N2O2. The fourth-order valence-electron chi connectivity index (χ4n) is 1.81. The van der Waals surface area contributed by atoms with E-state index >= 15 is 0 Å². The van der Waals surface area contributed by atoms with Gasteiger partial charge in [0.2, 0.25) is 0 Å². The highest BCUT2D eigenvalue weighted by atomic mass is 16.5. The van der Waals surface area contributed by atoms with E-state index in [0.717, 1.165) is 25.3 Å². The third-order valence-corrected chi connectivity index (χ3v) is 2.79. The van der Waals surface area contributed by atoms with E-state index in [2.05, 4.69) is 4.98 Å². The molecular weight excluding hydrogens is 204 g/mol. The monoisotopic (exact) mass is 222 g/mol. The van der Waals surface area contributed by atoms with Gasteiger partial charge in [-0.1, -0.05) is 6.07 Å². The molecule has 2 rings (SSSR count). The van der Waals surface area contributed by atoms with Crippen LogP contribution in [0.4, 0.5) is 0 Å². The van der Waals surface area contributed by atoms with Gasteiger partial charge in [0.1, 0.15) is 6.10 Å². The maximum absolute atomic E-state index is 5.79. The number of rotatable bonds is 5. The predicted molar refractivity (Wildman–Crippen MR) is 60.9 cm³/mol. The maximum Gasteiger partial charge on any atom is 0.112 e. The van der Waals surface area contributed by atoms with Crippen LogP contribution in [-0.4, -0.2) is 31.3 Å². The van der Waals surface area contributed by atoms with Gasteiger partial charge < -0.3 is 15.2 Å². The molecule has 1 aromatic rings. The van der Waals surface area contributed by atoms with Gasteiger partial charge in [-0.05, 0) is 18.6 Å². The first-order valence-corrected chi connectivity index (χ1v) is 5.70. The Bertz CT molecular complexity index is 299. The Hall–Kier alpha value is -0.970. The number of aromatic nitrogens is 1. The van der Waals surface area contributed by atoms with Gasteiger partial charge in [0.05, 0.1) is 18.9 Å². The minimum atomic E-state index is -0.0956. The molecule has 2 N–H and O–H groups in total. The smallest absolute Gasteiger partial charge is 0.112 e. The molecule has 4 nitrogen and oxygen atoms in total. The van der Waals surface area contributed by atoms with Crippen LogP contribution in [-0.2, 0) is 9.47 Å². The van der Waals surface area contributed by atoms with Gasteiger partial charge in [-0.2, -0.15) is 0 Å². The van der Waals surface area contributed by atoms with Crippen LogP contribution in [0.15, 0.2) is 24.4 Å². The number of nitrogens with two attached hydrogens (primary N) is 1. The van der Waals surface area contributed by atoms with Crippen molar-refractivity contribution in [3.05, 3.63) is 30.1 Å². The lowest BCUT2D eigenvalue weighted by molar-refractivity contribution is 0.0279. The zero-order valence-corrected chi connectivity index (χ0v) is 9.34. The Morgan fingerprint density at radius 2 is 2.50 bits per heavy atom. The van der Waals surface area contributed by atoms with E-state index in [9.17, 15) is 0 Å². The van der Waals surface area contributed by atoms with Gasteiger partial charge >= 0.3 is 0 Å². The molecule has 1 fully saturated rings. The summed E-state index contributed by atoms with van der Waals surface area (Å²) in [6.07, 6.45) is 2.75. The van der Waals surface area contributed by atoms with Crippen LogP contribution in [0.5, 0.6) is 0 Å². The van der Waals surface area contributed by atoms with Gasteiger partial charge in [-0.25, -0.2) is 0 Å². The lowest BCUT2D eigenvalue weighted by Gasteiger charge is -2.17. The molecule has 88 valence electrons. The fourth-order valence-corrected chi connectivity index (χ4v) is 1.81. The Labute approximate surface area is 95.8 Å². The maximum atomic E-state index is 5.79. The van der Waals surface area contributed by atoms with Crippen molar-refractivity contribution in [1.82, 2.24) is 4.98 Å². The second-order valence-electron chi connectivity index (χ2n) is 4.04. The molecule has 2 heterocycles. The normalized spacial score (nSPS) is 22.2. The molecule has 0 aromatic carbocycles. The average Bonchev–Trinajstić information content (AvgIpc) is 2.84. The molecule has 0 aliphatic carbocycles. The summed E-state index contributed by atoms with van der Waals surface area (Å²) in [5, 5.41) is 0. The van der Waals surface area contributed by atoms with E-state index in [-0.39, 0.29) is 6.10 Å². The second kappa shape index (κ2) is 5.94. The van der Waals surface area contributed by atoms with Crippen molar-refractivity contribution in [2.45, 2.75) is 12.5 Å². The zero-order valence-electron chi connectivity index (χ0n) is 9.34. The first-order chi connectivity index (χ1) is 7.90. The molecule has 0 bridgehead atoms. The van der Waals surface area contributed by atoms with Crippen molar-refractivity contribution >= 4 is 0 Å². The number of nitrogens with zero attached hydrogens (tertiary/aromatic N) is 1. The summed E-state index contributed by atoms with van der Waals surface area (Å²) in [5.74, 6) is 0.512. The highest BCUT2D eigenvalue weighted by molar-refractivity contribution is 5.07. The van der Waals surface area contributed by atoms with Crippen molar-refractivity contribution in [2.24, 2.45) is 11.7 Å². The minimum absolute atomic E-state index is 0.0956. The molecule has 2 unspecified atom stereocenters. The molecule has 1 aliphatic rings. The summed E-state index contributed by atoms with van der Waals surface area (Å²) in [5.41, 5.74) is 6.60. The van der Waals surface area contributed by atoms with Crippen LogP contribution in [0.25, 0.3) is 0 Å². The molecule has 0 spiro atoms. The van der Waals surface area contributed by atoms with Crippen molar-refractivity contribution in [1.29, 1.82) is 0 Å². The highest BCUT2D eigenvalue weighted by Crippen LogP contribution is 2.18. The number of ether oxygens (including phenoxy) is 2. The third kappa shape index (κ3) is 3.01. The molecule has 0 amide bonds. The fraction of sp³-hybridized carbons (Fsp3) is 0.583. The molecule has 0 radical (unpaired) electrons. The molecule has 2 atom stereocenters. The SMILES string of the molecule is NCC(OCC1CCOC1)c1ccccn1. The van der Waals surface area contributed by atoms with Crippen molar-refractivity contribution < 1.29 is 9.47 Å². The summed E-state index contributed by atoms with van der Waals surface area (Å²) in [4.78, 5) is 4.26. The number of hydrogen-bond donors (Lipinski definition) is 1. The average molecular weight is 222 g/mol. The largest absolute Gasteiger partial charge is 0.381 e. The van der Waals surface area contributed by atoms with E-state index in [1.807, 2.05) is 18.2 Å². The van der Waals surface area contributed by atoms with Crippen molar-refractivity contribution in [2.75, 3.05) is 26.4 Å². The summed E-state index contributed by atoms with van der Waals surface area (Å²) in [6.45, 7) is 2.83. The molecule has 4 heteroatoms. The lowest BCUT2D eigenvalue weighted by Crippen LogP contribution is -2.20. The second-order valence-corrected chi connectivity index (χ2v) is 4.04. The topological polar surface area (TPSA) is 57.4 Å². The molecule has 1 aliphatic heterocycles. The Morgan fingerprint density at radius 1 is 1.56 bits per heavy atom. The molecule has 1 saturated heterocycles. The lowest BCUT2D eigenvalue weighted by atomic mass is 10.1. The van der Waals surface area contributed by atoms with Crippen molar-refractivity contribution in [3.63, 3.8) is 0 Å². The third-order valence-electron chi connectivity index (χ3n) is 2.79. The van der Waals surface area contributed by atoms with Gasteiger partial charge in [-0.15, -0.1) is 0 Å². The van der Waals surface area contributed by atoms with E-state index in [4.69, 9.17) is 15.2 Å². The van der Waals surface area contributed by atoms with Crippen LogP contribution < -0.4 is 5.73 Å². The highest BCUT2D eigenvalue weighted by Gasteiger charge is 2.19. The van der Waals surface area contributed by atoms with Crippen LogP contribution in [0.3, 0.4) is 0 Å². The molecule has 1 aromatic heterocycles. The van der Waals surface area contributed by atoms with E-state index in [0.29, 0.717) is 19.1 Å². The van der Waals surface area contributed by atoms with Crippen molar-refractivity contribution in [3.8, 4) is 0 Å². The Morgan fingerprint density at radius 3 is 3.12 bits per heavy atom. The van der Waals surface area contributed by atoms with Gasteiger partial charge in [0, 0.05) is 25.3 Å². The summed E-state index contributed by atoms with van der Waals surface area (Å²) >= 11 is 0. The van der Waals surface area contributed by atoms with E-state index in [1.54, 1.807) is 6.20 Å². The summed E-state index contributed by atoms with van der Waals surface area (Å²) in [7, 11) is 0. The first kappa shape index (κ1) is 11.5. The predicted octanol–water partition coefficient (Wildman–Crippen LogP) is 1.13. The van der Waals surface area contributed by atoms with E-state index < -0.39 is 0 Å².